The SMILES string of the molecule is C[C@@H]1CN(C(=O)OCc2ccncc2)C[C@H](C)O1. The van der Waals surface area contributed by atoms with E-state index in [1.54, 1.807) is 17.3 Å². The largest absolute Gasteiger partial charge is 0.445 e. The van der Waals surface area contributed by atoms with Gasteiger partial charge in [0.1, 0.15) is 6.61 Å². The molecule has 98 valence electrons. The Bertz CT molecular complexity index is 386. The molecular weight excluding hydrogens is 232 g/mol. The Morgan fingerprint density at radius 3 is 2.61 bits per heavy atom. The molecule has 0 aliphatic carbocycles. The van der Waals surface area contributed by atoms with Gasteiger partial charge in [-0.3, -0.25) is 4.98 Å². The van der Waals surface area contributed by atoms with E-state index in [2.05, 4.69) is 4.98 Å². The summed E-state index contributed by atoms with van der Waals surface area (Å²) in [6, 6.07) is 3.66. The molecule has 0 unspecified atom stereocenters. The van der Waals surface area contributed by atoms with Crippen LogP contribution in [0.25, 0.3) is 0 Å². The van der Waals surface area contributed by atoms with Crippen LogP contribution in [-0.2, 0) is 16.1 Å². The van der Waals surface area contributed by atoms with Gasteiger partial charge in [-0.1, -0.05) is 0 Å². The second kappa shape index (κ2) is 5.82. The first-order chi connectivity index (χ1) is 8.65. The fourth-order valence-corrected chi connectivity index (χ4v) is 2.04. The summed E-state index contributed by atoms with van der Waals surface area (Å²) in [6.45, 7) is 5.36. The first kappa shape index (κ1) is 12.8. The molecule has 0 aromatic carbocycles. The van der Waals surface area contributed by atoms with Gasteiger partial charge in [-0.15, -0.1) is 0 Å². The average Bonchev–Trinajstić information content (AvgIpc) is 2.36. The predicted molar refractivity (Wildman–Crippen MR) is 66.0 cm³/mol. The highest BCUT2D eigenvalue weighted by atomic mass is 16.6. The molecular formula is C13H18N2O3. The number of aromatic nitrogens is 1. The van der Waals surface area contributed by atoms with E-state index in [-0.39, 0.29) is 24.9 Å². The molecule has 0 saturated carbocycles. The second-order valence-corrected chi connectivity index (χ2v) is 4.57. The minimum atomic E-state index is -0.284. The molecule has 1 aromatic rings. The lowest BCUT2D eigenvalue weighted by Gasteiger charge is -2.34. The lowest BCUT2D eigenvalue weighted by atomic mass is 10.2. The molecule has 5 nitrogen and oxygen atoms in total. The molecule has 0 radical (unpaired) electrons. The summed E-state index contributed by atoms with van der Waals surface area (Å²) in [5.41, 5.74) is 0.938. The van der Waals surface area contributed by atoms with E-state index in [9.17, 15) is 4.79 Å². The van der Waals surface area contributed by atoms with Crippen molar-refractivity contribution in [3.63, 3.8) is 0 Å². The van der Waals surface area contributed by atoms with E-state index in [1.807, 2.05) is 26.0 Å². The van der Waals surface area contributed by atoms with Crippen LogP contribution in [0.4, 0.5) is 4.79 Å². The minimum absolute atomic E-state index is 0.0576. The van der Waals surface area contributed by atoms with Crippen molar-refractivity contribution < 1.29 is 14.3 Å². The van der Waals surface area contributed by atoms with Gasteiger partial charge in [-0.05, 0) is 31.5 Å². The highest BCUT2D eigenvalue weighted by Crippen LogP contribution is 2.12. The number of nitrogens with zero attached hydrogens (tertiary/aromatic N) is 2. The zero-order valence-corrected chi connectivity index (χ0v) is 10.7. The van der Waals surface area contributed by atoms with E-state index in [0.29, 0.717) is 13.1 Å². The second-order valence-electron chi connectivity index (χ2n) is 4.57. The summed E-state index contributed by atoms with van der Waals surface area (Å²) in [5.74, 6) is 0. The average molecular weight is 250 g/mol. The zero-order valence-electron chi connectivity index (χ0n) is 10.7. The van der Waals surface area contributed by atoms with E-state index >= 15 is 0 Å². The van der Waals surface area contributed by atoms with Gasteiger partial charge in [-0.2, -0.15) is 0 Å². The van der Waals surface area contributed by atoms with Crippen LogP contribution in [0.5, 0.6) is 0 Å². The van der Waals surface area contributed by atoms with Gasteiger partial charge >= 0.3 is 6.09 Å². The van der Waals surface area contributed by atoms with Crippen molar-refractivity contribution in [1.82, 2.24) is 9.88 Å². The normalized spacial score (nSPS) is 23.8. The molecule has 1 aliphatic heterocycles. The molecule has 0 N–H and O–H groups in total. The van der Waals surface area contributed by atoms with Crippen molar-refractivity contribution in [3.05, 3.63) is 30.1 Å². The van der Waals surface area contributed by atoms with Crippen molar-refractivity contribution in [1.29, 1.82) is 0 Å². The quantitative estimate of drug-likeness (QED) is 0.803. The zero-order chi connectivity index (χ0) is 13.0. The lowest BCUT2D eigenvalue weighted by molar-refractivity contribution is -0.0644. The van der Waals surface area contributed by atoms with Gasteiger partial charge < -0.3 is 14.4 Å². The fourth-order valence-electron chi connectivity index (χ4n) is 2.04. The van der Waals surface area contributed by atoms with E-state index in [4.69, 9.17) is 9.47 Å². The smallest absolute Gasteiger partial charge is 0.410 e. The highest BCUT2D eigenvalue weighted by Gasteiger charge is 2.26. The number of rotatable bonds is 2. The number of ether oxygens (including phenoxy) is 2. The molecule has 1 aliphatic rings. The summed E-state index contributed by atoms with van der Waals surface area (Å²) in [7, 11) is 0. The van der Waals surface area contributed by atoms with Crippen LogP contribution in [0.1, 0.15) is 19.4 Å². The van der Waals surface area contributed by atoms with Crippen molar-refractivity contribution in [2.24, 2.45) is 0 Å². The molecule has 1 amide bonds. The standard InChI is InChI=1S/C13H18N2O3/c1-10-7-15(8-11(2)18-10)13(16)17-9-12-3-5-14-6-4-12/h3-6,10-11H,7-9H2,1-2H3/t10-,11+. The Kier molecular flexibility index (Phi) is 4.15. The number of hydrogen-bond acceptors (Lipinski definition) is 4. The summed E-state index contributed by atoms with van der Waals surface area (Å²) >= 11 is 0. The minimum Gasteiger partial charge on any atom is -0.445 e. The van der Waals surface area contributed by atoms with Gasteiger partial charge in [0.2, 0.25) is 0 Å². The van der Waals surface area contributed by atoms with E-state index in [0.717, 1.165) is 5.56 Å². The number of morpholine rings is 1. The van der Waals surface area contributed by atoms with Crippen LogP contribution in [-0.4, -0.2) is 41.3 Å². The summed E-state index contributed by atoms with van der Waals surface area (Å²) in [4.78, 5) is 17.5. The van der Waals surface area contributed by atoms with Crippen molar-refractivity contribution in [2.75, 3.05) is 13.1 Å². The molecule has 0 bridgehead atoms. The Balaban J connectivity index is 1.84. The number of carbonyl (C=O) groups excluding carboxylic acids is 1. The van der Waals surface area contributed by atoms with Crippen LogP contribution in [0.2, 0.25) is 0 Å². The Hall–Kier alpha value is -1.62. The highest BCUT2D eigenvalue weighted by molar-refractivity contribution is 5.67. The number of amides is 1. The van der Waals surface area contributed by atoms with Crippen LogP contribution in [0, 0.1) is 0 Å². The number of pyridine rings is 1. The van der Waals surface area contributed by atoms with Crippen molar-refractivity contribution >= 4 is 6.09 Å². The fraction of sp³-hybridized carbons (Fsp3) is 0.538. The molecule has 1 aromatic heterocycles. The molecule has 1 saturated heterocycles. The Labute approximate surface area is 107 Å². The summed E-state index contributed by atoms with van der Waals surface area (Å²) in [5, 5.41) is 0. The molecule has 2 atom stereocenters. The maximum atomic E-state index is 11.9. The molecule has 1 fully saturated rings. The third kappa shape index (κ3) is 3.43. The Morgan fingerprint density at radius 1 is 1.39 bits per heavy atom. The first-order valence-corrected chi connectivity index (χ1v) is 6.11. The molecule has 2 rings (SSSR count). The third-order valence-corrected chi connectivity index (χ3v) is 2.79. The van der Waals surface area contributed by atoms with Gasteiger partial charge in [0.15, 0.2) is 0 Å². The van der Waals surface area contributed by atoms with Gasteiger partial charge in [0.05, 0.1) is 25.3 Å². The van der Waals surface area contributed by atoms with Crippen LogP contribution >= 0.6 is 0 Å². The van der Waals surface area contributed by atoms with E-state index in [1.165, 1.54) is 0 Å². The van der Waals surface area contributed by atoms with Gasteiger partial charge in [-0.25, -0.2) is 4.79 Å². The molecule has 5 heteroatoms. The molecule has 0 spiro atoms. The summed E-state index contributed by atoms with van der Waals surface area (Å²) in [6.07, 6.45) is 3.20. The van der Waals surface area contributed by atoms with Crippen molar-refractivity contribution in [2.45, 2.75) is 32.7 Å². The molecule has 2 heterocycles. The topological polar surface area (TPSA) is 51.7 Å². The van der Waals surface area contributed by atoms with Crippen LogP contribution < -0.4 is 0 Å². The van der Waals surface area contributed by atoms with E-state index < -0.39 is 0 Å². The predicted octanol–water partition coefficient (Wildman–Crippen LogP) is 1.83. The number of hydrogen-bond donors (Lipinski definition) is 0. The Morgan fingerprint density at radius 2 is 2.00 bits per heavy atom. The van der Waals surface area contributed by atoms with Crippen LogP contribution in [0.15, 0.2) is 24.5 Å². The lowest BCUT2D eigenvalue weighted by Crippen LogP contribution is -2.48. The monoisotopic (exact) mass is 250 g/mol. The van der Waals surface area contributed by atoms with Gasteiger partial charge in [0, 0.05) is 12.4 Å². The third-order valence-electron chi connectivity index (χ3n) is 2.79. The van der Waals surface area contributed by atoms with Crippen LogP contribution in [0.3, 0.4) is 0 Å². The maximum Gasteiger partial charge on any atom is 0.410 e. The first-order valence-electron chi connectivity index (χ1n) is 6.11. The maximum absolute atomic E-state index is 11.9. The van der Waals surface area contributed by atoms with Crippen molar-refractivity contribution in [3.8, 4) is 0 Å². The molecule has 18 heavy (non-hydrogen) atoms. The summed E-state index contributed by atoms with van der Waals surface area (Å²) < 4.78 is 10.8. The number of carbonyl (C=O) groups is 1. The van der Waals surface area contributed by atoms with Gasteiger partial charge in [0.25, 0.3) is 0 Å².